The van der Waals surface area contributed by atoms with Crippen LogP contribution in [0.15, 0.2) is 18.2 Å². The molecule has 4 nitrogen and oxygen atoms in total. The van der Waals surface area contributed by atoms with Crippen LogP contribution in [-0.4, -0.2) is 35.1 Å². The lowest BCUT2D eigenvalue weighted by atomic mass is 10.0. The van der Waals surface area contributed by atoms with Crippen LogP contribution in [0, 0.1) is 0 Å². The molecule has 1 aliphatic rings. The van der Waals surface area contributed by atoms with Gasteiger partial charge in [0.25, 0.3) is 5.91 Å². The van der Waals surface area contributed by atoms with Gasteiger partial charge < -0.3 is 14.7 Å². The summed E-state index contributed by atoms with van der Waals surface area (Å²) in [6.07, 6.45) is 1.99. The molecule has 1 heterocycles. The minimum Gasteiger partial charge on any atom is -0.507 e. The van der Waals surface area contributed by atoms with E-state index in [4.69, 9.17) is 4.74 Å². The third-order valence-electron chi connectivity index (χ3n) is 3.58. The zero-order chi connectivity index (χ0) is 13.3. The van der Waals surface area contributed by atoms with E-state index in [1.165, 1.54) is 6.07 Å². The van der Waals surface area contributed by atoms with Gasteiger partial charge in [0.15, 0.2) is 0 Å². The topological polar surface area (TPSA) is 49.8 Å². The van der Waals surface area contributed by atoms with Crippen LogP contribution in [0.2, 0.25) is 0 Å². The van der Waals surface area contributed by atoms with Crippen LogP contribution in [0.25, 0.3) is 0 Å². The van der Waals surface area contributed by atoms with Crippen molar-refractivity contribution in [1.82, 2.24) is 4.90 Å². The fourth-order valence-electron chi connectivity index (χ4n) is 2.44. The summed E-state index contributed by atoms with van der Waals surface area (Å²) in [5, 5.41) is 9.83. The van der Waals surface area contributed by atoms with Crippen LogP contribution >= 0.6 is 0 Å². The first kappa shape index (κ1) is 12.7. The summed E-state index contributed by atoms with van der Waals surface area (Å²) < 4.78 is 5.09. The van der Waals surface area contributed by atoms with Gasteiger partial charge in [-0.3, -0.25) is 4.79 Å². The number of ether oxygens (including phenoxy) is 1. The van der Waals surface area contributed by atoms with Gasteiger partial charge in [-0.05, 0) is 44.9 Å². The highest BCUT2D eigenvalue weighted by Crippen LogP contribution is 2.32. The molecule has 0 aromatic heterocycles. The fourth-order valence-corrected chi connectivity index (χ4v) is 2.44. The summed E-state index contributed by atoms with van der Waals surface area (Å²) in [6.45, 7) is 4.84. The Labute approximate surface area is 107 Å². The van der Waals surface area contributed by atoms with Gasteiger partial charge in [0.1, 0.15) is 11.5 Å². The molecule has 0 radical (unpaired) electrons. The molecule has 0 saturated carbocycles. The Bertz CT molecular complexity index is 468. The molecule has 1 N–H and O–H groups in total. The largest absolute Gasteiger partial charge is 0.507 e. The lowest BCUT2D eigenvalue weighted by Gasteiger charge is -2.31. The molecule has 2 rings (SSSR count). The number of carbonyl (C=O) groups excluding carboxylic acids is 1. The number of methoxy groups -OCH3 is 1. The van der Waals surface area contributed by atoms with Crippen molar-refractivity contribution in [1.29, 1.82) is 0 Å². The van der Waals surface area contributed by atoms with Crippen LogP contribution in [-0.2, 0) is 0 Å². The summed E-state index contributed by atoms with van der Waals surface area (Å²) >= 11 is 0. The molecule has 1 aromatic carbocycles. The van der Waals surface area contributed by atoms with Crippen molar-refractivity contribution in [2.24, 2.45) is 0 Å². The molecule has 1 aliphatic heterocycles. The quantitative estimate of drug-likeness (QED) is 0.875. The zero-order valence-electron chi connectivity index (χ0n) is 11.1. The van der Waals surface area contributed by atoms with Gasteiger partial charge in [0.05, 0.1) is 12.7 Å². The Balaban J connectivity index is 2.34. The molecule has 0 spiro atoms. The van der Waals surface area contributed by atoms with Gasteiger partial charge in [-0.2, -0.15) is 0 Å². The number of benzene rings is 1. The molecule has 0 bridgehead atoms. The second kappa shape index (κ2) is 4.52. The number of aromatic hydroxyl groups is 1. The van der Waals surface area contributed by atoms with Crippen molar-refractivity contribution in [2.75, 3.05) is 13.7 Å². The number of carbonyl (C=O) groups is 1. The van der Waals surface area contributed by atoms with E-state index >= 15 is 0 Å². The summed E-state index contributed by atoms with van der Waals surface area (Å²) in [5.41, 5.74) is 0.163. The zero-order valence-corrected chi connectivity index (χ0v) is 11.1. The number of nitrogens with zero attached hydrogens (tertiary/aromatic N) is 1. The van der Waals surface area contributed by atoms with E-state index in [2.05, 4.69) is 13.8 Å². The summed E-state index contributed by atoms with van der Waals surface area (Å²) in [5.74, 6) is 0.450. The highest BCUT2D eigenvalue weighted by atomic mass is 16.5. The van der Waals surface area contributed by atoms with Crippen LogP contribution in [0.4, 0.5) is 0 Å². The second-order valence-corrected chi connectivity index (χ2v) is 5.26. The van der Waals surface area contributed by atoms with E-state index in [1.54, 1.807) is 19.2 Å². The monoisotopic (exact) mass is 249 g/mol. The summed E-state index contributed by atoms with van der Waals surface area (Å²) in [7, 11) is 1.54. The van der Waals surface area contributed by atoms with Crippen LogP contribution in [0.1, 0.15) is 37.0 Å². The number of likely N-dealkylation sites (tertiary alicyclic amines) is 1. The van der Waals surface area contributed by atoms with Crippen molar-refractivity contribution in [2.45, 2.75) is 32.2 Å². The molecule has 1 fully saturated rings. The standard InChI is InChI=1S/C14H19NO3/c1-14(2)7-4-8-15(14)13(17)11-9-10(18-3)5-6-12(11)16/h5-6,9,16H,4,7-8H2,1-3H3. The minimum atomic E-state index is -0.146. The Kier molecular flexibility index (Phi) is 3.20. The Morgan fingerprint density at radius 3 is 2.72 bits per heavy atom. The second-order valence-electron chi connectivity index (χ2n) is 5.26. The van der Waals surface area contributed by atoms with Gasteiger partial charge in [-0.15, -0.1) is 0 Å². The van der Waals surface area contributed by atoms with Gasteiger partial charge in [0.2, 0.25) is 0 Å². The predicted octanol–water partition coefficient (Wildman–Crippen LogP) is 2.42. The van der Waals surface area contributed by atoms with E-state index in [9.17, 15) is 9.90 Å². The summed E-state index contributed by atoms with van der Waals surface area (Å²) in [4.78, 5) is 14.3. The number of rotatable bonds is 2. The Morgan fingerprint density at radius 1 is 1.44 bits per heavy atom. The van der Waals surface area contributed by atoms with Crippen LogP contribution in [0.5, 0.6) is 11.5 Å². The molecule has 0 unspecified atom stereocenters. The van der Waals surface area contributed by atoms with E-state index < -0.39 is 0 Å². The van der Waals surface area contributed by atoms with Gasteiger partial charge in [0, 0.05) is 12.1 Å². The molecule has 1 saturated heterocycles. The smallest absolute Gasteiger partial charge is 0.258 e. The van der Waals surface area contributed by atoms with Crippen LogP contribution < -0.4 is 4.74 Å². The van der Waals surface area contributed by atoms with E-state index in [0.717, 1.165) is 19.4 Å². The molecule has 1 aromatic rings. The number of phenolic OH excluding ortho intramolecular Hbond substituents is 1. The third kappa shape index (κ3) is 2.15. The highest BCUT2D eigenvalue weighted by molar-refractivity contribution is 5.97. The highest BCUT2D eigenvalue weighted by Gasteiger charge is 2.36. The maximum absolute atomic E-state index is 12.5. The number of hydrogen-bond donors (Lipinski definition) is 1. The fraction of sp³-hybridized carbons (Fsp3) is 0.500. The maximum atomic E-state index is 12.5. The van der Waals surface area contributed by atoms with Crippen LogP contribution in [0.3, 0.4) is 0 Å². The molecule has 98 valence electrons. The van der Waals surface area contributed by atoms with Crippen molar-refractivity contribution in [3.63, 3.8) is 0 Å². The van der Waals surface area contributed by atoms with Gasteiger partial charge in [-0.1, -0.05) is 0 Å². The first-order chi connectivity index (χ1) is 8.45. The normalized spacial score (nSPS) is 17.8. The number of phenols is 1. The minimum absolute atomic E-state index is 0.00324. The molecule has 18 heavy (non-hydrogen) atoms. The van der Waals surface area contributed by atoms with Gasteiger partial charge in [-0.25, -0.2) is 0 Å². The first-order valence-electron chi connectivity index (χ1n) is 6.15. The van der Waals surface area contributed by atoms with Crippen molar-refractivity contribution in [3.8, 4) is 11.5 Å². The molecule has 0 aliphatic carbocycles. The first-order valence-corrected chi connectivity index (χ1v) is 6.15. The van der Waals surface area contributed by atoms with Crippen molar-refractivity contribution in [3.05, 3.63) is 23.8 Å². The SMILES string of the molecule is COc1ccc(O)c(C(=O)N2CCCC2(C)C)c1. The van der Waals surface area contributed by atoms with E-state index in [1.807, 2.05) is 4.90 Å². The van der Waals surface area contributed by atoms with Crippen molar-refractivity contribution >= 4 is 5.91 Å². The molecular formula is C14H19NO3. The Morgan fingerprint density at radius 2 is 2.17 bits per heavy atom. The Hall–Kier alpha value is -1.71. The average Bonchev–Trinajstić information content (AvgIpc) is 2.69. The lowest BCUT2D eigenvalue weighted by molar-refractivity contribution is 0.0648. The predicted molar refractivity (Wildman–Crippen MR) is 69.0 cm³/mol. The summed E-state index contributed by atoms with van der Waals surface area (Å²) in [6, 6.07) is 4.72. The molecule has 4 heteroatoms. The van der Waals surface area contributed by atoms with Crippen molar-refractivity contribution < 1.29 is 14.6 Å². The van der Waals surface area contributed by atoms with E-state index in [0.29, 0.717) is 11.3 Å². The molecule has 1 amide bonds. The third-order valence-corrected chi connectivity index (χ3v) is 3.58. The lowest BCUT2D eigenvalue weighted by Crippen LogP contribution is -2.42. The molecular weight excluding hydrogens is 230 g/mol. The van der Waals surface area contributed by atoms with Gasteiger partial charge >= 0.3 is 0 Å². The maximum Gasteiger partial charge on any atom is 0.258 e. The average molecular weight is 249 g/mol. The molecule has 0 atom stereocenters. The number of hydrogen-bond acceptors (Lipinski definition) is 3. The number of amides is 1. The van der Waals surface area contributed by atoms with E-state index in [-0.39, 0.29) is 17.2 Å².